The highest BCUT2D eigenvalue weighted by Gasteiger charge is 2.22. The first-order chi connectivity index (χ1) is 8.29. The van der Waals surface area contributed by atoms with Crippen LogP contribution >= 0.6 is 0 Å². The summed E-state index contributed by atoms with van der Waals surface area (Å²) in [6, 6.07) is 2.53. The van der Waals surface area contributed by atoms with E-state index in [0.29, 0.717) is 12.0 Å². The van der Waals surface area contributed by atoms with Gasteiger partial charge in [0.1, 0.15) is 0 Å². The highest BCUT2D eigenvalue weighted by Crippen LogP contribution is 2.21. The Morgan fingerprint density at radius 1 is 1.47 bits per heavy atom. The van der Waals surface area contributed by atoms with Gasteiger partial charge in [0.05, 0.1) is 30.4 Å². The van der Waals surface area contributed by atoms with Crippen molar-refractivity contribution in [1.29, 1.82) is 0 Å². The lowest BCUT2D eigenvalue weighted by molar-refractivity contribution is 0.183. The van der Waals surface area contributed by atoms with Crippen LogP contribution in [0.15, 0.2) is 18.5 Å². The molecule has 2 N–H and O–H groups in total. The number of ether oxygens (including phenoxy) is 1. The van der Waals surface area contributed by atoms with Crippen molar-refractivity contribution in [2.45, 2.75) is 26.3 Å². The van der Waals surface area contributed by atoms with Crippen LogP contribution in [0.5, 0.6) is 0 Å². The van der Waals surface area contributed by atoms with Crippen LogP contribution in [0, 0.1) is 5.92 Å². The molecule has 0 radical (unpaired) electrons. The van der Waals surface area contributed by atoms with Crippen molar-refractivity contribution in [3.63, 3.8) is 0 Å². The Hall–Kier alpha value is -1.29. The van der Waals surface area contributed by atoms with Crippen molar-refractivity contribution in [3.05, 3.63) is 18.5 Å². The molecule has 0 spiro atoms. The lowest BCUT2D eigenvalue weighted by Gasteiger charge is -2.20. The highest BCUT2D eigenvalue weighted by atomic mass is 16.5. The monoisotopic (exact) mass is 235 g/mol. The van der Waals surface area contributed by atoms with Gasteiger partial charge in [-0.2, -0.15) is 0 Å². The Balaban J connectivity index is 1.94. The number of nitrogens with one attached hydrogen (secondary N) is 2. The van der Waals surface area contributed by atoms with Crippen molar-refractivity contribution in [1.82, 2.24) is 4.98 Å². The van der Waals surface area contributed by atoms with E-state index in [0.717, 1.165) is 37.6 Å². The molecule has 0 aromatic carbocycles. The van der Waals surface area contributed by atoms with E-state index in [1.807, 2.05) is 12.4 Å². The smallest absolute Gasteiger partial charge is 0.0549 e. The molecule has 2 heterocycles. The van der Waals surface area contributed by atoms with Crippen molar-refractivity contribution >= 4 is 11.4 Å². The van der Waals surface area contributed by atoms with E-state index in [2.05, 4.69) is 35.5 Å². The second-order valence-corrected chi connectivity index (χ2v) is 4.55. The number of hydrogen-bond donors (Lipinski definition) is 2. The molecule has 0 bridgehead atoms. The molecule has 94 valence electrons. The van der Waals surface area contributed by atoms with Gasteiger partial charge in [0, 0.05) is 25.1 Å². The molecular weight excluding hydrogens is 214 g/mol. The van der Waals surface area contributed by atoms with Crippen LogP contribution in [0.1, 0.15) is 20.3 Å². The number of aromatic nitrogens is 1. The summed E-state index contributed by atoms with van der Waals surface area (Å²) < 4.78 is 5.41. The third-order valence-electron chi connectivity index (χ3n) is 3.19. The quantitative estimate of drug-likeness (QED) is 0.822. The zero-order valence-corrected chi connectivity index (χ0v) is 10.6. The number of hydrogen-bond acceptors (Lipinski definition) is 4. The average molecular weight is 235 g/mol. The summed E-state index contributed by atoms with van der Waals surface area (Å²) in [5, 5.41) is 6.76. The first-order valence-electron chi connectivity index (χ1n) is 6.32. The topological polar surface area (TPSA) is 46.2 Å². The van der Waals surface area contributed by atoms with Crippen molar-refractivity contribution in [2.24, 2.45) is 5.92 Å². The van der Waals surface area contributed by atoms with Crippen molar-refractivity contribution in [2.75, 3.05) is 30.4 Å². The second kappa shape index (κ2) is 5.87. The normalized spacial score (nSPS) is 21.2. The minimum Gasteiger partial charge on any atom is -0.384 e. The minimum atomic E-state index is 0.427. The minimum absolute atomic E-state index is 0.427. The Bertz CT molecular complexity index is 350. The van der Waals surface area contributed by atoms with E-state index < -0.39 is 0 Å². The fourth-order valence-corrected chi connectivity index (χ4v) is 2.15. The largest absolute Gasteiger partial charge is 0.384 e. The van der Waals surface area contributed by atoms with Gasteiger partial charge in [-0.1, -0.05) is 0 Å². The molecular formula is C13H21N3O. The molecule has 1 saturated heterocycles. The second-order valence-electron chi connectivity index (χ2n) is 4.55. The molecule has 0 amide bonds. The van der Waals surface area contributed by atoms with Crippen molar-refractivity contribution in [3.8, 4) is 0 Å². The Morgan fingerprint density at radius 2 is 2.29 bits per heavy atom. The number of pyridine rings is 1. The molecule has 17 heavy (non-hydrogen) atoms. The predicted octanol–water partition coefficient (Wildman–Crippen LogP) is 2.35. The zero-order chi connectivity index (χ0) is 12.1. The zero-order valence-electron chi connectivity index (χ0n) is 10.6. The standard InChI is InChI=1S/C13H21N3O/c1-3-15-12-6-13(8-14-7-12)16-10(2)11-4-5-17-9-11/h6-8,10-11,15-16H,3-5,9H2,1-2H3. The summed E-state index contributed by atoms with van der Waals surface area (Å²) in [4.78, 5) is 4.23. The van der Waals surface area contributed by atoms with Crippen LogP contribution in [0.25, 0.3) is 0 Å². The van der Waals surface area contributed by atoms with Gasteiger partial charge in [-0.25, -0.2) is 0 Å². The molecule has 2 unspecified atom stereocenters. The molecule has 1 aromatic rings. The summed E-state index contributed by atoms with van der Waals surface area (Å²) >= 11 is 0. The molecule has 2 rings (SSSR count). The first kappa shape index (κ1) is 12.2. The van der Waals surface area contributed by atoms with E-state index in [1.165, 1.54) is 0 Å². The average Bonchev–Trinajstić information content (AvgIpc) is 2.83. The maximum absolute atomic E-state index is 5.41. The van der Waals surface area contributed by atoms with E-state index in [4.69, 9.17) is 4.74 Å². The Kier molecular flexibility index (Phi) is 4.20. The van der Waals surface area contributed by atoms with Gasteiger partial charge in [0.2, 0.25) is 0 Å². The summed E-state index contributed by atoms with van der Waals surface area (Å²) in [5.41, 5.74) is 2.13. The predicted molar refractivity (Wildman–Crippen MR) is 70.4 cm³/mol. The van der Waals surface area contributed by atoms with E-state index in [-0.39, 0.29) is 0 Å². The van der Waals surface area contributed by atoms with Crippen LogP contribution in [0.2, 0.25) is 0 Å². The summed E-state index contributed by atoms with van der Waals surface area (Å²) in [7, 11) is 0. The third kappa shape index (κ3) is 3.33. The first-order valence-corrected chi connectivity index (χ1v) is 6.32. The molecule has 1 fully saturated rings. The maximum Gasteiger partial charge on any atom is 0.0549 e. The molecule has 1 aromatic heterocycles. The van der Waals surface area contributed by atoms with Gasteiger partial charge in [-0.3, -0.25) is 4.98 Å². The molecule has 1 aliphatic heterocycles. The van der Waals surface area contributed by atoms with Gasteiger partial charge < -0.3 is 15.4 Å². The number of nitrogens with zero attached hydrogens (tertiary/aromatic N) is 1. The van der Waals surface area contributed by atoms with Crippen LogP contribution < -0.4 is 10.6 Å². The fourth-order valence-electron chi connectivity index (χ4n) is 2.15. The summed E-state index contributed by atoms with van der Waals surface area (Å²) in [6.07, 6.45) is 4.86. The summed E-state index contributed by atoms with van der Waals surface area (Å²) in [6.45, 7) is 6.97. The lowest BCUT2D eigenvalue weighted by atomic mass is 10.0. The highest BCUT2D eigenvalue weighted by molar-refractivity contribution is 5.54. The third-order valence-corrected chi connectivity index (χ3v) is 3.19. The van der Waals surface area contributed by atoms with E-state index >= 15 is 0 Å². The Morgan fingerprint density at radius 3 is 3.00 bits per heavy atom. The molecule has 4 heteroatoms. The van der Waals surface area contributed by atoms with Crippen LogP contribution in [0.4, 0.5) is 11.4 Å². The molecule has 0 aliphatic carbocycles. The SMILES string of the molecule is CCNc1cncc(NC(C)C2CCOC2)c1. The van der Waals surface area contributed by atoms with Gasteiger partial charge in [-0.05, 0) is 26.3 Å². The molecule has 0 saturated carbocycles. The molecule has 1 aliphatic rings. The number of anilines is 2. The Labute approximate surface area is 103 Å². The van der Waals surface area contributed by atoms with Crippen LogP contribution in [-0.2, 0) is 4.74 Å². The van der Waals surface area contributed by atoms with Crippen LogP contribution in [-0.4, -0.2) is 30.8 Å². The number of rotatable bonds is 5. The molecule has 4 nitrogen and oxygen atoms in total. The van der Waals surface area contributed by atoms with Crippen LogP contribution in [0.3, 0.4) is 0 Å². The van der Waals surface area contributed by atoms with E-state index in [1.54, 1.807) is 0 Å². The van der Waals surface area contributed by atoms with E-state index in [9.17, 15) is 0 Å². The van der Waals surface area contributed by atoms with Crippen molar-refractivity contribution < 1.29 is 4.74 Å². The maximum atomic E-state index is 5.41. The van der Waals surface area contributed by atoms with Gasteiger partial charge in [-0.15, -0.1) is 0 Å². The van der Waals surface area contributed by atoms with Gasteiger partial charge in [0.15, 0.2) is 0 Å². The van der Waals surface area contributed by atoms with Gasteiger partial charge >= 0.3 is 0 Å². The molecule has 2 atom stereocenters. The fraction of sp³-hybridized carbons (Fsp3) is 0.615. The lowest BCUT2D eigenvalue weighted by Crippen LogP contribution is -2.26. The van der Waals surface area contributed by atoms with Gasteiger partial charge in [0.25, 0.3) is 0 Å². The summed E-state index contributed by atoms with van der Waals surface area (Å²) in [5.74, 6) is 0.609.